The largest absolute Gasteiger partial charge is 0.496 e. The fourth-order valence-corrected chi connectivity index (χ4v) is 2.58. The van der Waals surface area contributed by atoms with E-state index in [4.69, 9.17) is 16.3 Å². The highest BCUT2D eigenvalue weighted by Crippen LogP contribution is 2.31. The second-order valence-corrected chi connectivity index (χ2v) is 5.07. The Hall–Kier alpha value is -1.06. The Balaban J connectivity index is 2.52. The van der Waals surface area contributed by atoms with E-state index in [0.29, 0.717) is 4.47 Å². The normalized spacial score (nSPS) is 10.5. The number of hydrogen-bond donors (Lipinski definition) is 0. The van der Waals surface area contributed by atoms with E-state index in [1.165, 1.54) is 11.3 Å². The quantitative estimate of drug-likeness (QED) is 0.804. The van der Waals surface area contributed by atoms with Gasteiger partial charge < -0.3 is 4.74 Å². The Morgan fingerprint density at radius 1 is 1.25 bits per heavy atom. The number of halogens is 1. The Bertz CT molecular complexity index is 498. The van der Waals surface area contributed by atoms with Gasteiger partial charge in [-0.3, -0.25) is 0 Å². The van der Waals surface area contributed by atoms with Crippen LogP contribution in [0.15, 0.2) is 17.5 Å². The number of hydrogen-bond acceptors (Lipinski definition) is 3. The van der Waals surface area contributed by atoms with Crippen molar-refractivity contribution < 1.29 is 4.74 Å². The predicted molar refractivity (Wildman–Crippen MR) is 68.6 cm³/mol. The van der Waals surface area contributed by atoms with Crippen molar-refractivity contribution in [2.75, 3.05) is 7.11 Å². The van der Waals surface area contributed by atoms with Crippen molar-refractivity contribution in [2.24, 2.45) is 0 Å². The zero-order valence-corrected chi connectivity index (χ0v) is 10.9. The highest BCUT2D eigenvalue weighted by molar-refractivity contribution is 7.14. The van der Waals surface area contributed by atoms with Gasteiger partial charge in [-0.15, -0.1) is 11.3 Å². The number of nitrogens with zero attached hydrogens (tertiary/aromatic N) is 1. The average Bonchev–Trinajstić information content (AvgIpc) is 2.64. The third-order valence-corrected chi connectivity index (χ3v) is 3.42. The van der Waals surface area contributed by atoms with Crippen molar-refractivity contribution in [3.8, 4) is 17.0 Å². The summed E-state index contributed by atoms with van der Waals surface area (Å²) in [7, 11) is 1.69. The summed E-state index contributed by atoms with van der Waals surface area (Å²) in [6.45, 7) is 4.06. The summed E-state index contributed by atoms with van der Waals surface area (Å²) in [4.78, 5) is 4.26. The number of thiazole rings is 1. The highest BCUT2D eigenvalue weighted by Gasteiger charge is 2.08. The van der Waals surface area contributed by atoms with Crippen LogP contribution in [-0.4, -0.2) is 12.1 Å². The van der Waals surface area contributed by atoms with Gasteiger partial charge in [0.2, 0.25) is 0 Å². The van der Waals surface area contributed by atoms with Crippen molar-refractivity contribution in [2.45, 2.75) is 13.8 Å². The maximum absolute atomic E-state index is 5.83. The number of methoxy groups -OCH3 is 1. The van der Waals surface area contributed by atoms with Crippen LogP contribution >= 0.6 is 22.9 Å². The topological polar surface area (TPSA) is 22.1 Å². The molecule has 0 aliphatic rings. The number of ether oxygens (including phenoxy) is 1. The Labute approximate surface area is 104 Å². The molecule has 0 fully saturated rings. The molecule has 0 bridgehead atoms. The van der Waals surface area contributed by atoms with Gasteiger partial charge in [0.15, 0.2) is 4.47 Å². The summed E-state index contributed by atoms with van der Waals surface area (Å²) in [5, 5.41) is 1.96. The van der Waals surface area contributed by atoms with Crippen LogP contribution in [0.1, 0.15) is 11.1 Å². The molecule has 0 amide bonds. The van der Waals surface area contributed by atoms with Crippen LogP contribution in [0.25, 0.3) is 11.3 Å². The van der Waals surface area contributed by atoms with E-state index >= 15 is 0 Å². The molecule has 0 saturated heterocycles. The van der Waals surface area contributed by atoms with Crippen LogP contribution in [0, 0.1) is 13.8 Å². The third-order valence-electron chi connectivity index (χ3n) is 2.44. The minimum absolute atomic E-state index is 0.570. The standard InChI is InChI=1S/C12H12ClNOS/c1-7-4-9(5-8(2)11(7)15-3)10-6-16-12(13)14-10/h4-6H,1-3H3. The van der Waals surface area contributed by atoms with Crippen molar-refractivity contribution in [3.05, 3.63) is 33.1 Å². The molecule has 0 radical (unpaired) electrons. The van der Waals surface area contributed by atoms with Gasteiger partial charge in [0.05, 0.1) is 12.8 Å². The minimum atomic E-state index is 0.570. The van der Waals surface area contributed by atoms with E-state index in [9.17, 15) is 0 Å². The molecule has 0 N–H and O–H groups in total. The number of rotatable bonds is 2. The first-order chi connectivity index (χ1) is 7.61. The zero-order valence-electron chi connectivity index (χ0n) is 9.37. The van der Waals surface area contributed by atoms with E-state index in [1.54, 1.807) is 7.11 Å². The highest BCUT2D eigenvalue weighted by atomic mass is 35.5. The monoisotopic (exact) mass is 253 g/mol. The van der Waals surface area contributed by atoms with E-state index in [2.05, 4.69) is 17.1 Å². The second-order valence-electron chi connectivity index (χ2n) is 3.63. The molecule has 1 aromatic carbocycles. The lowest BCUT2D eigenvalue weighted by Crippen LogP contribution is -1.92. The molecule has 2 nitrogen and oxygen atoms in total. The molecule has 1 aromatic heterocycles. The zero-order chi connectivity index (χ0) is 11.7. The number of aromatic nitrogens is 1. The summed E-state index contributed by atoms with van der Waals surface area (Å²) in [6.07, 6.45) is 0. The van der Waals surface area contributed by atoms with Crippen LogP contribution in [0.3, 0.4) is 0 Å². The van der Waals surface area contributed by atoms with Crippen LogP contribution in [0.4, 0.5) is 0 Å². The first-order valence-corrected chi connectivity index (χ1v) is 6.14. The van der Waals surface area contributed by atoms with Crippen LogP contribution < -0.4 is 4.74 Å². The maximum Gasteiger partial charge on any atom is 0.184 e. The van der Waals surface area contributed by atoms with E-state index < -0.39 is 0 Å². The van der Waals surface area contributed by atoms with Crippen molar-refractivity contribution in [1.29, 1.82) is 0 Å². The molecular weight excluding hydrogens is 242 g/mol. The van der Waals surface area contributed by atoms with Gasteiger partial charge in [0.1, 0.15) is 5.75 Å². The van der Waals surface area contributed by atoms with E-state index in [-0.39, 0.29) is 0 Å². The SMILES string of the molecule is COc1c(C)cc(-c2csc(Cl)n2)cc1C. The minimum Gasteiger partial charge on any atom is -0.496 e. The van der Waals surface area contributed by atoms with Gasteiger partial charge in [0.25, 0.3) is 0 Å². The Morgan fingerprint density at radius 3 is 2.31 bits per heavy atom. The van der Waals surface area contributed by atoms with Gasteiger partial charge in [-0.2, -0.15) is 0 Å². The van der Waals surface area contributed by atoms with E-state index in [0.717, 1.165) is 28.1 Å². The summed E-state index contributed by atoms with van der Waals surface area (Å²) >= 11 is 7.28. The lowest BCUT2D eigenvalue weighted by atomic mass is 10.0. The molecular formula is C12H12ClNOS. The van der Waals surface area contributed by atoms with Crippen molar-refractivity contribution in [3.63, 3.8) is 0 Å². The molecule has 2 rings (SSSR count). The fraction of sp³-hybridized carbons (Fsp3) is 0.250. The van der Waals surface area contributed by atoms with Crippen LogP contribution in [0.2, 0.25) is 4.47 Å². The lowest BCUT2D eigenvalue weighted by molar-refractivity contribution is 0.408. The van der Waals surface area contributed by atoms with Crippen molar-refractivity contribution in [1.82, 2.24) is 4.98 Å². The molecule has 0 atom stereocenters. The molecule has 16 heavy (non-hydrogen) atoms. The summed E-state index contributed by atoms with van der Waals surface area (Å²) in [6, 6.07) is 4.13. The molecule has 0 aliphatic heterocycles. The van der Waals surface area contributed by atoms with E-state index in [1.807, 2.05) is 19.2 Å². The molecule has 1 heterocycles. The van der Waals surface area contributed by atoms with Crippen LogP contribution in [0.5, 0.6) is 5.75 Å². The smallest absolute Gasteiger partial charge is 0.184 e. The summed E-state index contributed by atoms with van der Waals surface area (Å²) < 4.78 is 5.90. The number of aryl methyl sites for hydroxylation is 2. The fourth-order valence-electron chi connectivity index (χ4n) is 1.80. The summed E-state index contributed by atoms with van der Waals surface area (Å²) in [5.41, 5.74) is 4.23. The first kappa shape index (κ1) is 11.4. The predicted octanol–water partition coefficient (Wildman–Crippen LogP) is 4.09. The molecule has 0 saturated carbocycles. The first-order valence-electron chi connectivity index (χ1n) is 4.88. The van der Waals surface area contributed by atoms with Gasteiger partial charge in [-0.05, 0) is 37.1 Å². The third kappa shape index (κ3) is 2.06. The molecule has 0 aliphatic carbocycles. The van der Waals surface area contributed by atoms with Gasteiger partial charge in [-0.1, -0.05) is 11.6 Å². The molecule has 0 spiro atoms. The molecule has 4 heteroatoms. The average molecular weight is 254 g/mol. The second kappa shape index (κ2) is 4.44. The lowest BCUT2D eigenvalue weighted by Gasteiger charge is -2.10. The van der Waals surface area contributed by atoms with Gasteiger partial charge in [-0.25, -0.2) is 4.98 Å². The molecule has 2 aromatic rings. The van der Waals surface area contributed by atoms with Gasteiger partial charge in [0, 0.05) is 10.9 Å². The van der Waals surface area contributed by atoms with Crippen molar-refractivity contribution >= 4 is 22.9 Å². The molecule has 84 valence electrons. The maximum atomic E-state index is 5.83. The van der Waals surface area contributed by atoms with Crippen LogP contribution in [-0.2, 0) is 0 Å². The Kier molecular flexibility index (Phi) is 3.17. The number of benzene rings is 1. The Morgan fingerprint density at radius 2 is 1.88 bits per heavy atom. The summed E-state index contributed by atoms with van der Waals surface area (Å²) in [5.74, 6) is 0.935. The molecule has 0 unspecified atom stereocenters. The van der Waals surface area contributed by atoms with Gasteiger partial charge >= 0.3 is 0 Å².